The average molecular weight is 277 g/mol. The summed E-state index contributed by atoms with van der Waals surface area (Å²) in [4.78, 5) is 0. The van der Waals surface area contributed by atoms with Crippen LogP contribution in [0.1, 0.15) is 33.6 Å². The van der Waals surface area contributed by atoms with Crippen LogP contribution < -0.4 is 5.32 Å². The minimum absolute atomic E-state index is 0.0477. The molecule has 5 heteroatoms. The van der Waals surface area contributed by atoms with Gasteiger partial charge in [-0.25, -0.2) is 8.42 Å². The van der Waals surface area contributed by atoms with Crippen LogP contribution in [-0.4, -0.2) is 45.7 Å². The summed E-state index contributed by atoms with van der Waals surface area (Å²) in [7, 11) is -2.97. The van der Waals surface area contributed by atoms with Crippen LogP contribution in [0.5, 0.6) is 0 Å². The molecule has 4 nitrogen and oxygen atoms in total. The van der Waals surface area contributed by atoms with Gasteiger partial charge in [-0.1, -0.05) is 27.2 Å². The van der Waals surface area contributed by atoms with Crippen molar-refractivity contribution in [3.63, 3.8) is 0 Å². The molecule has 0 spiro atoms. The van der Waals surface area contributed by atoms with Crippen molar-refractivity contribution in [2.45, 2.75) is 39.7 Å². The lowest BCUT2D eigenvalue weighted by atomic mass is 10.0. The Bertz CT molecular complexity index is 323. The molecule has 0 aromatic carbocycles. The van der Waals surface area contributed by atoms with Crippen molar-refractivity contribution in [1.82, 2.24) is 5.32 Å². The quantitative estimate of drug-likeness (QED) is 0.730. The number of hydrogen-bond acceptors (Lipinski definition) is 4. The molecule has 0 saturated carbocycles. The Labute approximate surface area is 111 Å². The van der Waals surface area contributed by atoms with Gasteiger partial charge in [0, 0.05) is 18.6 Å². The summed E-state index contributed by atoms with van der Waals surface area (Å²) >= 11 is 0. The molecule has 108 valence electrons. The molecule has 3 atom stereocenters. The van der Waals surface area contributed by atoms with Crippen molar-refractivity contribution in [1.29, 1.82) is 0 Å². The molecule has 0 radical (unpaired) electrons. The molecule has 3 unspecified atom stereocenters. The van der Waals surface area contributed by atoms with Gasteiger partial charge in [0.1, 0.15) is 0 Å². The van der Waals surface area contributed by atoms with Gasteiger partial charge in [0.05, 0.1) is 18.1 Å². The normalized spacial score (nSPS) is 24.1. The number of hydrogen-bond donors (Lipinski definition) is 1. The Balaban J connectivity index is 2.58. The standard InChI is InChI=1S/C13H27NO3S/c1-4-11(3)9-18(15,16)10-13(14-5-2)12-6-7-17-8-12/h11-14H,4-10H2,1-3H3. The predicted octanol–water partition coefficient (Wildman–Crippen LogP) is 1.46. The van der Waals surface area contributed by atoms with Crippen molar-refractivity contribution in [3.8, 4) is 0 Å². The molecule has 1 aliphatic heterocycles. The van der Waals surface area contributed by atoms with E-state index in [4.69, 9.17) is 4.74 Å². The summed E-state index contributed by atoms with van der Waals surface area (Å²) in [6.07, 6.45) is 1.88. The van der Waals surface area contributed by atoms with Gasteiger partial charge in [-0.3, -0.25) is 0 Å². The minimum atomic E-state index is -2.97. The maximum Gasteiger partial charge on any atom is 0.152 e. The molecule has 0 amide bonds. The zero-order valence-corrected chi connectivity index (χ0v) is 12.6. The van der Waals surface area contributed by atoms with E-state index in [2.05, 4.69) is 5.32 Å². The van der Waals surface area contributed by atoms with E-state index in [-0.39, 0.29) is 17.7 Å². The van der Waals surface area contributed by atoms with E-state index in [1.54, 1.807) is 0 Å². The highest BCUT2D eigenvalue weighted by Gasteiger charge is 2.29. The van der Waals surface area contributed by atoms with Gasteiger partial charge in [0.15, 0.2) is 9.84 Å². The van der Waals surface area contributed by atoms with Crippen LogP contribution in [0.15, 0.2) is 0 Å². The Morgan fingerprint density at radius 1 is 1.33 bits per heavy atom. The second kappa shape index (κ2) is 7.46. The van der Waals surface area contributed by atoms with Gasteiger partial charge in [0.2, 0.25) is 0 Å². The first-order valence-electron chi connectivity index (χ1n) is 7.00. The summed E-state index contributed by atoms with van der Waals surface area (Å²) in [6, 6.07) is 0.0477. The zero-order valence-electron chi connectivity index (χ0n) is 11.8. The van der Waals surface area contributed by atoms with E-state index in [9.17, 15) is 8.42 Å². The van der Waals surface area contributed by atoms with E-state index < -0.39 is 9.84 Å². The molecule has 0 aromatic heterocycles. The maximum atomic E-state index is 12.2. The molecule has 1 heterocycles. The van der Waals surface area contributed by atoms with Gasteiger partial charge >= 0.3 is 0 Å². The maximum absolute atomic E-state index is 12.2. The lowest BCUT2D eigenvalue weighted by Gasteiger charge is -2.23. The molecule has 1 fully saturated rings. The molecule has 1 rings (SSSR count). The fraction of sp³-hybridized carbons (Fsp3) is 1.00. The monoisotopic (exact) mass is 277 g/mol. The lowest BCUT2D eigenvalue weighted by molar-refractivity contribution is 0.179. The highest BCUT2D eigenvalue weighted by molar-refractivity contribution is 7.91. The van der Waals surface area contributed by atoms with Crippen molar-refractivity contribution in [2.24, 2.45) is 11.8 Å². The van der Waals surface area contributed by atoms with Gasteiger partial charge in [-0.2, -0.15) is 0 Å². The zero-order chi connectivity index (χ0) is 13.6. The van der Waals surface area contributed by atoms with Crippen molar-refractivity contribution in [2.75, 3.05) is 31.3 Å². The van der Waals surface area contributed by atoms with Crippen LogP contribution in [0.2, 0.25) is 0 Å². The minimum Gasteiger partial charge on any atom is -0.381 e. The smallest absolute Gasteiger partial charge is 0.152 e. The van der Waals surface area contributed by atoms with Crippen LogP contribution in [0.3, 0.4) is 0 Å². The highest BCUT2D eigenvalue weighted by Crippen LogP contribution is 2.19. The molecule has 18 heavy (non-hydrogen) atoms. The molecule has 0 bridgehead atoms. The first-order chi connectivity index (χ1) is 8.48. The number of rotatable bonds is 8. The van der Waals surface area contributed by atoms with E-state index in [0.717, 1.165) is 26.0 Å². The second-order valence-corrected chi connectivity index (χ2v) is 7.53. The lowest BCUT2D eigenvalue weighted by Crippen LogP contribution is -2.42. The third-order valence-corrected chi connectivity index (χ3v) is 5.61. The van der Waals surface area contributed by atoms with Crippen molar-refractivity contribution < 1.29 is 13.2 Å². The van der Waals surface area contributed by atoms with E-state index in [1.807, 2.05) is 20.8 Å². The number of nitrogens with one attached hydrogen (secondary N) is 1. The Hall–Kier alpha value is -0.130. The Morgan fingerprint density at radius 2 is 2.06 bits per heavy atom. The summed E-state index contributed by atoms with van der Waals surface area (Å²) in [5.41, 5.74) is 0. The van der Waals surface area contributed by atoms with Crippen LogP contribution in [0, 0.1) is 11.8 Å². The number of ether oxygens (including phenoxy) is 1. The first kappa shape index (κ1) is 15.9. The second-order valence-electron chi connectivity index (χ2n) is 5.38. The van der Waals surface area contributed by atoms with Crippen LogP contribution >= 0.6 is 0 Å². The summed E-state index contributed by atoms with van der Waals surface area (Å²) < 4.78 is 29.7. The molecule has 1 saturated heterocycles. The first-order valence-corrected chi connectivity index (χ1v) is 8.82. The van der Waals surface area contributed by atoms with Gasteiger partial charge in [-0.15, -0.1) is 0 Å². The Kier molecular flexibility index (Phi) is 6.60. The summed E-state index contributed by atoms with van der Waals surface area (Å²) in [5, 5.41) is 3.31. The molecule has 1 N–H and O–H groups in total. The fourth-order valence-electron chi connectivity index (χ4n) is 2.39. The third-order valence-electron chi connectivity index (χ3n) is 3.67. The van der Waals surface area contributed by atoms with E-state index in [0.29, 0.717) is 18.3 Å². The fourth-order valence-corrected chi connectivity index (χ4v) is 4.56. The highest BCUT2D eigenvalue weighted by atomic mass is 32.2. The van der Waals surface area contributed by atoms with E-state index >= 15 is 0 Å². The van der Waals surface area contributed by atoms with Gasteiger partial charge < -0.3 is 10.1 Å². The SMILES string of the molecule is CCNC(CS(=O)(=O)CC(C)CC)C1CCOC1. The Morgan fingerprint density at radius 3 is 2.56 bits per heavy atom. The molecule has 0 aliphatic carbocycles. The van der Waals surface area contributed by atoms with Gasteiger partial charge in [-0.05, 0) is 18.9 Å². The van der Waals surface area contributed by atoms with Crippen LogP contribution in [0.4, 0.5) is 0 Å². The van der Waals surface area contributed by atoms with E-state index in [1.165, 1.54) is 0 Å². The number of sulfone groups is 1. The summed E-state index contributed by atoms with van der Waals surface area (Å²) in [5.74, 6) is 1.15. The molecule has 1 aliphatic rings. The molecule has 0 aromatic rings. The van der Waals surface area contributed by atoms with Crippen molar-refractivity contribution in [3.05, 3.63) is 0 Å². The van der Waals surface area contributed by atoms with Crippen LogP contribution in [0.25, 0.3) is 0 Å². The topological polar surface area (TPSA) is 55.4 Å². The van der Waals surface area contributed by atoms with Crippen molar-refractivity contribution >= 4 is 9.84 Å². The predicted molar refractivity (Wildman–Crippen MR) is 74.5 cm³/mol. The largest absolute Gasteiger partial charge is 0.381 e. The molecular formula is C13H27NO3S. The average Bonchev–Trinajstić information content (AvgIpc) is 2.80. The van der Waals surface area contributed by atoms with Crippen LogP contribution in [-0.2, 0) is 14.6 Å². The summed E-state index contributed by atoms with van der Waals surface area (Å²) in [6.45, 7) is 8.31. The van der Waals surface area contributed by atoms with Gasteiger partial charge in [0.25, 0.3) is 0 Å². The molecular weight excluding hydrogens is 250 g/mol. The third kappa shape index (κ3) is 5.24.